The van der Waals surface area contributed by atoms with E-state index in [9.17, 15) is 0 Å². The van der Waals surface area contributed by atoms with Crippen molar-refractivity contribution in [3.05, 3.63) is 29.8 Å². The Morgan fingerprint density at radius 1 is 1.32 bits per heavy atom. The molecule has 1 unspecified atom stereocenters. The first-order chi connectivity index (χ1) is 8.96. The van der Waals surface area contributed by atoms with Crippen LogP contribution in [0.2, 0.25) is 0 Å². The van der Waals surface area contributed by atoms with Crippen molar-refractivity contribution in [2.75, 3.05) is 13.7 Å². The molecule has 0 aliphatic rings. The van der Waals surface area contributed by atoms with E-state index in [2.05, 4.69) is 38.2 Å². The van der Waals surface area contributed by atoms with E-state index in [1.807, 2.05) is 19.1 Å². The lowest BCUT2D eigenvalue weighted by atomic mass is 10.00. The zero-order valence-corrected chi connectivity index (χ0v) is 12.8. The molecule has 0 amide bonds. The Bertz CT molecular complexity index is 377. The van der Waals surface area contributed by atoms with Crippen molar-refractivity contribution in [3.63, 3.8) is 0 Å². The molecule has 0 saturated heterocycles. The highest BCUT2D eigenvalue weighted by atomic mass is 16.5. The monoisotopic (exact) mass is 265 g/mol. The van der Waals surface area contributed by atoms with Crippen LogP contribution in [-0.2, 0) is 11.3 Å². The molecule has 3 heteroatoms. The standard InChI is InChI=1S/C16H27NO2/c1-6-19-15-9-7-8-14(10-15)12-17-13(2)11-16(3,4)18-5/h7-10,13,17H,6,11-12H2,1-5H3. The lowest BCUT2D eigenvalue weighted by molar-refractivity contribution is 0.00844. The van der Waals surface area contributed by atoms with Gasteiger partial charge in [0.2, 0.25) is 0 Å². The van der Waals surface area contributed by atoms with Crippen LogP contribution in [0.1, 0.15) is 39.7 Å². The molecular weight excluding hydrogens is 238 g/mol. The normalized spacial score (nSPS) is 13.3. The molecule has 1 aromatic rings. The second kappa shape index (κ2) is 7.51. The van der Waals surface area contributed by atoms with Gasteiger partial charge >= 0.3 is 0 Å². The molecule has 0 radical (unpaired) electrons. The fourth-order valence-corrected chi connectivity index (χ4v) is 2.10. The maximum atomic E-state index is 5.50. The number of nitrogens with one attached hydrogen (secondary N) is 1. The highest BCUT2D eigenvalue weighted by molar-refractivity contribution is 5.28. The molecule has 0 bridgehead atoms. The molecule has 0 heterocycles. The summed E-state index contributed by atoms with van der Waals surface area (Å²) in [4.78, 5) is 0. The third-order valence-electron chi connectivity index (χ3n) is 3.21. The van der Waals surface area contributed by atoms with E-state index in [-0.39, 0.29) is 5.60 Å². The molecule has 3 nitrogen and oxygen atoms in total. The lowest BCUT2D eigenvalue weighted by Gasteiger charge is -2.27. The lowest BCUT2D eigenvalue weighted by Crippen LogP contribution is -2.35. The van der Waals surface area contributed by atoms with Crippen molar-refractivity contribution in [1.82, 2.24) is 5.32 Å². The summed E-state index contributed by atoms with van der Waals surface area (Å²) < 4.78 is 11.0. The van der Waals surface area contributed by atoms with Crippen LogP contribution < -0.4 is 10.1 Å². The van der Waals surface area contributed by atoms with Crippen LogP contribution in [0.15, 0.2) is 24.3 Å². The topological polar surface area (TPSA) is 30.5 Å². The molecule has 1 aromatic carbocycles. The third-order valence-corrected chi connectivity index (χ3v) is 3.21. The van der Waals surface area contributed by atoms with Crippen LogP contribution in [0, 0.1) is 0 Å². The fourth-order valence-electron chi connectivity index (χ4n) is 2.10. The van der Waals surface area contributed by atoms with E-state index in [1.54, 1.807) is 7.11 Å². The summed E-state index contributed by atoms with van der Waals surface area (Å²) in [5.41, 5.74) is 1.16. The van der Waals surface area contributed by atoms with Gasteiger partial charge in [0.1, 0.15) is 5.75 Å². The van der Waals surface area contributed by atoms with Crippen LogP contribution in [-0.4, -0.2) is 25.4 Å². The van der Waals surface area contributed by atoms with Gasteiger partial charge in [-0.2, -0.15) is 0 Å². The predicted octanol–water partition coefficient (Wildman–Crippen LogP) is 3.38. The largest absolute Gasteiger partial charge is 0.494 e. The van der Waals surface area contributed by atoms with Crippen molar-refractivity contribution in [3.8, 4) is 5.75 Å². The molecule has 108 valence electrons. The second-order valence-electron chi connectivity index (χ2n) is 5.53. The van der Waals surface area contributed by atoms with Crippen molar-refractivity contribution >= 4 is 0 Å². The van der Waals surface area contributed by atoms with Crippen LogP contribution in [0.4, 0.5) is 0 Å². The molecule has 0 aliphatic heterocycles. The van der Waals surface area contributed by atoms with E-state index in [0.717, 1.165) is 18.7 Å². The molecule has 1 N–H and O–H groups in total. The van der Waals surface area contributed by atoms with Crippen LogP contribution >= 0.6 is 0 Å². The van der Waals surface area contributed by atoms with Gasteiger partial charge in [0, 0.05) is 19.7 Å². The maximum absolute atomic E-state index is 5.50. The highest BCUT2D eigenvalue weighted by Crippen LogP contribution is 2.17. The molecular formula is C16H27NO2. The number of hydrogen-bond acceptors (Lipinski definition) is 3. The van der Waals surface area contributed by atoms with Crippen LogP contribution in [0.25, 0.3) is 0 Å². The Labute approximate surface area is 117 Å². The second-order valence-corrected chi connectivity index (χ2v) is 5.53. The van der Waals surface area contributed by atoms with Gasteiger partial charge in [0.25, 0.3) is 0 Å². The predicted molar refractivity (Wildman–Crippen MR) is 79.6 cm³/mol. The Hall–Kier alpha value is -1.06. The van der Waals surface area contributed by atoms with Gasteiger partial charge in [0.05, 0.1) is 12.2 Å². The summed E-state index contributed by atoms with van der Waals surface area (Å²) in [6.45, 7) is 9.96. The van der Waals surface area contributed by atoms with Gasteiger partial charge in [-0.1, -0.05) is 12.1 Å². The summed E-state index contributed by atoms with van der Waals surface area (Å²) in [6, 6.07) is 8.63. The molecule has 0 aromatic heterocycles. The van der Waals surface area contributed by atoms with Crippen molar-refractivity contribution in [1.29, 1.82) is 0 Å². The first kappa shape index (κ1) is 16.0. The van der Waals surface area contributed by atoms with E-state index in [0.29, 0.717) is 12.6 Å². The summed E-state index contributed by atoms with van der Waals surface area (Å²) in [7, 11) is 1.76. The smallest absolute Gasteiger partial charge is 0.119 e. The molecule has 0 aliphatic carbocycles. The fraction of sp³-hybridized carbons (Fsp3) is 0.625. The number of methoxy groups -OCH3 is 1. The van der Waals surface area contributed by atoms with E-state index in [4.69, 9.17) is 9.47 Å². The van der Waals surface area contributed by atoms with E-state index >= 15 is 0 Å². The SMILES string of the molecule is CCOc1cccc(CNC(C)CC(C)(C)OC)c1. The van der Waals surface area contributed by atoms with Crippen molar-refractivity contribution < 1.29 is 9.47 Å². The van der Waals surface area contributed by atoms with Crippen LogP contribution in [0.5, 0.6) is 5.75 Å². The van der Waals surface area contributed by atoms with Crippen molar-refractivity contribution in [2.45, 2.75) is 52.3 Å². The molecule has 0 spiro atoms. The first-order valence-electron chi connectivity index (χ1n) is 6.97. The van der Waals surface area contributed by atoms with Crippen molar-refractivity contribution in [2.24, 2.45) is 0 Å². The minimum absolute atomic E-state index is 0.0837. The summed E-state index contributed by atoms with van der Waals surface area (Å²) in [6.07, 6.45) is 0.981. The Balaban J connectivity index is 2.45. The molecule has 1 atom stereocenters. The average molecular weight is 265 g/mol. The summed E-state index contributed by atoms with van der Waals surface area (Å²) in [5.74, 6) is 0.937. The Morgan fingerprint density at radius 2 is 2.05 bits per heavy atom. The number of hydrogen-bond donors (Lipinski definition) is 1. The number of ether oxygens (including phenoxy) is 2. The highest BCUT2D eigenvalue weighted by Gasteiger charge is 2.19. The molecule has 0 fully saturated rings. The summed E-state index contributed by atoms with van der Waals surface area (Å²) in [5, 5.41) is 3.52. The van der Waals surface area contributed by atoms with Gasteiger partial charge in [-0.3, -0.25) is 0 Å². The van der Waals surface area contributed by atoms with Crippen LogP contribution in [0.3, 0.4) is 0 Å². The number of benzene rings is 1. The average Bonchev–Trinajstić information content (AvgIpc) is 2.37. The minimum Gasteiger partial charge on any atom is -0.494 e. The van der Waals surface area contributed by atoms with E-state index < -0.39 is 0 Å². The van der Waals surface area contributed by atoms with Gasteiger partial charge < -0.3 is 14.8 Å². The minimum atomic E-state index is -0.0837. The van der Waals surface area contributed by atoms with Gasteiger partial charge in [-0.15, -0.1) is 0 Å². The quantitative estimate of drug-likeness (QED) is 0.781. The molecule has 1 rings (SSSR count). The van der Waals surface area contributed by atoms with Gasteiger partial charge in [0.15, 0.2) is 0 Å². The first-order valence-corrected chi connectivity index (χ1v) is 6.97. The van der Waals surface area contributed by atoms with E-state index in [1.165, 1.54) is 5.56 Å². The van der Waals surface area contributed by atoms with Gasteiger partial charge in [-0.05, 0) is 51.8 Å². The Kier molecular flexibility index (Phi) is 6.32. The van der Waals surface area contributed by atoms with Gasteiger partial charge in [-0.25, -0.2) is 0 Å². The molecule has 19 heavy (non-hydrogen) atoms. The Morgan fingerprint density at radius 3 is 2.68 bits per heavy atom. The number of rotatable bonds is 8. The third kappa shape index (κ3) is 6.08. The summed E-state index contributed by atoms with van der Waals surface area (Å²) >= 11 is 0. The maximum Gasteiger partial charge on any atom is 0.119 e. The molecule has 0 saturated carbocycles. The zero-order chi connectivity index (χ0) is 14.3. The zero-order valence-electron chi connectivity index (χ0n) is 12.8.